The highest BCUT2D eigenvalue weighted by atomic mass is 16.4. The van der Waals surface area contributed by atoms with E-state index in [0.29, 0.717) is 0 Å². The molecule has 0 spiro atoms. The lowest BCUT2D eigenvalue weighted by molar-refractivity contribution is -0.172. The maximum absolute atomic E-state index is 11.6. The van der Waals surface area contributed by atoms with Crippen LogP contribution in [0.4, 0.5) is 0 Å². The number of aliphatic hydroxyl groups excluding tert-OH is 2. The maximum atomic E-state index is 11.6. The highest BCUT2D eigenvalue weighted by molar-refractivity contribution is 5.76. The van der Waals surface area contributed by atoms with Crippen molar-refractivity contribution in [1.29, 1.82) is 5.26 Å². The molecule has 0 aliphatic carbocycles. The number of carboxylic acid groups (broad SMARTS) is 1. The Balaban J connectivity index is 5.48. The van der Waals surface area contributed by atoms with Crippen LogP contribution in [-0.2, 0) is 4.79 Å². The van der Waals surface area contributed by atoms with Crippen LogP contribution in [0, 0.1) is 22.2 Å². The van der Waals surface area contributed by atoms with E-state index in [1.165, 1.54) is 6.92 Å². The Morgan fingerprint density at radius 3 is 2.11 bits per heavy atom. The third-order valence-electron chi connectivity index (χ3n) is 3.48. The van der Waals surface area contributed by atoms with Crippen molar-refractivity contribution in [2.75, 3.05) is 0 Å². The molecule has 0 aromatic rings. The van der Waals surface area contributed by atoms with Crippen LogP contribution in [0.25, 0.3) is 0 Å². The zero-order valence-corrected chi connectivity index (χ0v) is 11.5. The molecule has 0 amide bonds. The minimum Gasteiger partial charge on any atom is -0.481 e. The first-order valence-corrected chi connectivity index (χ1v) is 6.06. The van der Waals surface area contributed by atoms with Crippen molar-refractivity contribution in [1.82, 2.24) is 0 Å². The van der Waals surface area contributed by atoms with Gasteiger partial charge in [0, 0.05) is 12.8 Å². The van der Waals surface area contributed by atoms with E-state index in [4.69, 9.17) is 5.26 Å². The van der Waals surface area contributed by atoms with Crippen LogP contribution in [0.15, 0.2) is 0 Å². The van der Waals surface area contributed by atoms with Gasteiger partial charge in [-0.3, -0.25) is 4.79 Å². The Kier molecular flexibility index (Phi) is 5.78. The predicted octanol–water partition coefficient (Wildman–Crippen LogP) is 1.54. The summed E-state index contributed by atoms with van der Waals surface area (Å²) in [6.45, 7) is 6.68. The molecule has 0 saturated carbocycles. The second kappa shape index (κ2) is 6.17. The zero-order chi connectivity index (χ0) is 14.6. The quantitative estimate of drug-likeness (QED) is 0.670. The minimum absolute atomic E-state index is 0.0189. The smallest absolute Gasteiger partial charge is 0.312 e. The molecular weight excluding hydrogens is 234 g/mol. The minimum atomic E-state index is -1.43. The number of nitrogens with zero attached hydrogens (tertiary/aromatic N) is 1. The monoisotopic (exact) mass is 257 g/mol. The zero-order valence-electron chi connectivity index (χ0n) is 11.5. The van der Waals surface area contributed by atoms with E-state index < -0.39 is 29.0 Å². The molecule has 0 aliphatic rings. The third-order valence-corrected chi connectivity index (χ3v) is 3.48. The lowest BCUT2D eigenvalue weighted by atomic mass is 9.60. The molecule has 104 valence electrons. The predicted molar refractivity (Wildman–Crippen MR) is 66.7 cm³/mol. The van der Waals surface area contributed by atoms with Crippen molar-refractivity contribution in [2.24, 2.45) is 10.8 Å². The number of hydrogen-bond acceptors (Lipinski definition) is 4. The van der Waals surface area contributed by atoms with Crippen molar-refractivity contribution in [2.45, 2.75) is 59.2 Å². The second-order valence-electron chi connectivity index (χ2n) is 5.79. The van der Waals surface area contributed by atoms with Gasteiger partial charge >= 0.3 is 5.97 Å². The first-order valence-electron chi connectivity index (χ1n) is 6.06. The lowest BCUT2D eigenvalue weighted by Crippen LogP contribution is -2.52. The third kappa shape index (κ3) is 3.44. The summed E-state index contributed by atoms with van der Waals surface area (Å²) < 4.78 is 0. The van der Waals surface area contributed by atoms with Crippen molar-refractivity contribution < 1.29 is 20.1 Å². The molecule has 0 saturated heterocycles. The molecule has 3 atom stereocenters. The molecule has 0 radical (unpaired) electrons. The standard InChI is InChI=1S/C13H23NO4/c1-9(15)8-10(16)13(11(17)18,6-5-7-14)12(2,3)4/h9-10,15-16H,5-6,8H2,1-4H3,(H,17,18). The van der Waals surface area contributed by atoms with Crippen molar-refractivity contribution in [3.63, 3.8) is 0 Å². The summed E-state index contributed by atoms with van der Waals surface area (Å²) in [5, 5.41) is 37.7. The highest BCUT2D eigenvalue weighted by Crippen LogP contribution is 2.47. The Bertz CT molecular complexity index is 327. The fourth-order valence-electron chi connectivity index (χ4n) is 2.39. The van der Waals surface area contributed by atoms with Crippen LogP contribution >= 0.6 is 0 Å². The number of nitriles is 1. The van der Waals surface area contributed by atoms with Crippen molar-refractivity contribution in [3.8, 4) is 6.07 Å². The van der Waals surface area contributed by atoms with E-state index >= 15 is 0 Å². The van der Waals surface area contributed by atoms with E-state index in [9.17, 15) is 20.1 Å². The topological polar surface area (TPSA) is 102 Å². The Labute approximate surface area is 108 Å². The van der Waals surface area contributed by atoms with Crippen LogP contribution < -0.4 is 0 Å². The van der Waals surface area contributed by atoms with E-state index in [1.54, 1.807) is 20.8 Å². The first kappa shape index (κ1) is 16.9. The van der Waals surface area contributed by atoms with Crippen LogP contribution in [0.1, 0.15) is 47.0 Å². The van der Waals surface area contributed by atoms with E-state index in [-0.39, 0.29) is 19.3 Å². The van der Waals surface area contributed by atoms with Crippen molar-refractivity contribution >= 4 is 5.97 Å². The average Bonchev–Trinajstić information content (AvgIpc) is 2.14. The van der Waals surface area contributed by atoms with Crippen molar-refractivity contribution in [3.05, 3.63) is 0 Å². The van der Waals surface area contributed by atoms with E-state index in [0.717, 1.165) is 0 Å². The molecule has 0 aromatic heterocycles. The molecule has 0 aliphatic heterocycles. The molecule has 0 fully saturated rings. The number of rotatable bonds is 6. The van der Waals surface area contributed by atoms with Gasteiger partial charge < -0.3 is 15.3 Å². The van der Waals surface area contributed by atoms with Gasteiger partial charge in [0.05, 0.1) is 23.7 Å². The maximum Gasteiger partial charge on any atom is 0.312 e. The van der Waals surface area contributed by atoms with Gasteiger partial charge in [0.15, 0.2) is 0 Å². The fraction of sp³-hybridized carbons (Fsp3) is 0.846. The molecule has 0 heterocycles. The number of carbonyl (C=O) groups is 1. The number of aliphatic carboxylic acids is 1. The summed E-state index contributed by atoms with van der Waals surface area (Å²) in [5.74, 6) is -1.13. The van der Waals surface area contributed by atoms with Crippen LogP contribution in [0.5, 0.6) is 0 Å². The summed E-state index contributed by atoms with van der Waals surface area (Å²) in [6.07, 6.45) is -1.88. The summed E-state index contributed by atoms with van der Waals surface area (Å²) in [7, 11) is 0. The summed E-state index contributed by atoms with van der Waals surface area (Å²) in [6, 6.07) is 1.92. The molecule has 0 bridgehead atoms. The number of aliphatic hydroxyl groups is 2. The van der Waals surface area contributed by atoms with Crippen LogP contribution in [0.2, 0.25) is 0 Å². The van der Waals surface area contributed by atoms with Crippen LogP contribution in [0.3, 0.4) is 0 Å². The molecular formula is C13H23NO4. The molecule has 18 heavy (non-hydrogen) atoms. The number of hydrogen-bond donors (Lipinski definition) is 3. The van der Waals surface area contributed by atoms with E-state index in [1.807, 2.05) is 6.07 Å². The fourth-order valence-corrected chi connectivity index (χ4v) is 2.39. The van der Waals surface area contributed by atoms with Gasteiger partial charge in [0.25, 0.3) is 0 Å². The number of carboxylic acids is 1. The van der Waals surface area contributed by atoms with Gasteiger partial charge in [-0.1, -0.05) is 20.8 Å². The van der Waals surface area contributed by atoms with E-state index in [2.05, 4.69) is 0 Å². The first-order chi connectivity index (χ1) is 8.09. The Morgan fingerprint density at radius 1 is 1.33 bits per heavy atom. The van der Waals surface area contributed by atoms with Crippen LogP contribution in [-0.4, -0.2) is 33.5 Å². The van der Waals surface area contributed by atoms with Gasteiger partial charge in [-0.15, -0.1) is 0 Å². The SMILES string of the molecule is CC(O)CC(O)C(CCC#N)(C(=O)O)C(C)(C)C. The molecule has 3 N–H and O–H groups in total. The largest absolute Gasteiger partial charge is 0.481 e. The van der Waals surface area contributed by atoms with Gasteiger partial charge in [0.1, 0.15) is 0 Å². The highest BCUT2D eigenvalue weighted by Gasteiger charge is 2.53. The second-order valence-corrected chi connectivity index (χ2v) is 5.79. The molecule has 5 heteroatoms. The Morgan fingerprint density at radius 2 is 1.83 bits per heavy atom. The van der Waals surface area contributed by atoms with Gasteiger partial charge in [-0.25, -0.2) is 0 Å². The average molecular weight is 257 g/mol. The summed E-state index contributed by atoms with van der Waals surface area (Å²) in [5.41, 5.74) is -2.15. The lowest BCUT2D eigenvalue weighted by Gasteiger charge is -2.44. The molecule has 5 nitrogen and oxygen atoms in total. The normalized spacial score (nSPS) is 18.5. The molecule has 0 rings (SSSR count). The molecule has 0 aromatic carbocycles. The van der Waals surface area contributed by atoms with Gasteiger partial charge in [-0.05, 0) is 18.8 Å². The Hall–Kier alpha value is -1.12. The van der Waals surface area contributed by atoms with Gasteiger partial charge in [0.2, 0.25) is 0 Å². The molecule has 3 unspecified atom stereocenters. The summed E-state index contributed by atoms with van der Waals surface area (Å²) >= 11 is 0. The summed E-state index contributed by atoms with van der Waals surface area (Å²) in [4.78, 5) is 11.6. The van der Waals surface area contributed by atoms with Gasteiger partial charge in [-0.2, -0.15) is 5.26 Å².